The van der Waals surface area contributed by atoms with Crippen molar-refractivity contribution in [1.29, 1.82) is 0 Å². The molecule has 3 rings (SSSR count). The predicted molar refractivity (Wildman–Crippen MR) is 115 cm³/mol. The molecule has 1 atom stereocenters. The molecule has 0 aliphatic carbocycles. The van der Waals surface area contributed by atoms with Crippen molar-refractivity contribution in [3.63, 3.8) is 0 Å². The molecule has 6 N–H and O–H groups in total. The lowest BCUT2D eigenvalue weighted by Crippen LogP contribution is -2.30. The maximum Gasteiger partial charge on any atom is 0.227 e. The summed E-state index contributed by atoms with van der Waals surface area (Å²) in [6.07, 6.45) is 0. The van der Waals surface area contributed by atoms with E-state index < -0.39 is 0 Å². The Balaban J connectivity index is 2.31. The summed E-state index contributed by atoms with van der Waals surface area (Å²) in [7, 11) is 0. The summed E-state index contributed by atoms with van der Waals surface area (Å²) in [4.78, 5) is 9.49. The minimum Gasteiger partial charge on any atom is -0.397 e. The lowest BCUT2D eigenvalue weighted by Gasteiger charge is -2.18. The molecule has 0 radical (unpaired) electrons. The summed E-state index contributed by atoms with van der Waals surface area (Å²) in [6.45, 7) is 10.9. The van der Waals surface area contributed by atoms with Gasteiger partial charge >= 0.3 is 0 Å². The van der Waals surface area contributed by atoms with Crippen LogP contribution in [0.5, 0.6) is 0 Å². The number of hydrogen-bond acceptors (Lipinski definition) is 6. The van der Waals surface area contributed by atoms with Crippen molar-refractivity contribution in [2.45, 2.75) is 52.6 Å². The lowest BCUT2D eigenvalue weighted by atomic mass is 10.1. The first-order chi connectivity index (χ1) is 13.3. The molecule has 0 spiro atoms. The number of aromatic nitrogens is 4. The van der Waals surface area contributed by atoms with E-state index in [1.165, 1.54) is 0 Å². The molecule has 3 aromatic rings. The number of anilines is 3. The topological polar surface area (TPSA) is 123 Å². The minimum absolute atomic E-state index is 0.0480. The predicted octanol–water partition coefficient (Wildman–Crippen LogP) is 3.04. The Morgan fingerprint density at radius 1 is 1.18 bits per heavy atom. The number of aromatic amines is 1. The van der Waals surface area contributed by atoms with Crippen molar-refractivity contribution >= 4 is 28.2 Å². The molecule has 0 bridgehead atoms. The van der Waals surface area contributed by atoms with Gasteiger partial charge in [0.2, 0.25) is 5.62 Å². The van der Waals surface area contributed by atoms with E-state index in [1.54, 1.807) is 0 Å². The first-order valence-corrected chi connectivity index (χ1v) is 9.67. The van der Waals surface area contributed by atoms with Gasteiger partial charge in [-0.15, -0.1) is 0 Å². The number of para-hydroxylation sites is 2. The first kappa shape index (κ1) is 19.9. The van der Waals surface area contributed by atoms with Crippen LogP contribution in [0.15, 0.2) is 29.3 Å². The first-order valence-electron chi connectivity index (χ1n) is 9.67. The molecule has 0 fully saturated rings. The molecule has 0 saturated carbocycles. The molecule has 1 unspecified atom stereocenters. The van der Waals surface area contributed by atoms with Crippen LogP contribution in [0, 0.1) is 0 Å². The molecular formula is C20H30N8. The summed E-state index contributed by atoms with van der Waals surface area (Å²) < 4.78 is 2.12. The monoisotopic (exact) mass is 382 g/mol. The fraction of sp³-hybridized carbons (Fsp3) is 0.450. The van der Waals surface area contributed by atoms with E-state index in [2.05, 4.69) is 47.8 Å². The fourth-order valence-electron chi connectivity index (χ4n) is 3.12. The van der Waals surface area contributed by atoms with Crippen LogP contribution in [0.25, 0.3) is 11.0 Å². The summed E-state index contributed by atoms with van der Waals surface area (Å²) in [5.41, 5.74) is 16.9. The van der Waals surface area contributed by atoms with Gasteiger partial charge in [0.05, 0.1) is 29.1 Å². The molecule has 0 amide bonds. The van der Waals surface area contributed by atoms with Crippen LogP contribution in [0.2, 0.25) is 0 Å². The van der Waals surface area contributed by atoms with Gasteiger partial charge in [-0.05, 0) is 38.8 Å². The van der Waals surface area contributed by atoms with Gasteiger partial charge < -0.3 is 21.4 Å². The van der Waals surface area contributed by atoms with Crippen molar-refractivity contribution in [2.24, 2.45) is 10.7 Å². The highest BCUT2D eigenvalue weighted by Crippen LogP contribution is 2.30. The van der Waals surface area contributed by atoms with Gasteiger partial charge in [-0.2, -0.15) is 10.1 Å². The van der Waals surface area contributed by atoms with Crippen LogP contribution < -0.4 is 22.4 Å². The second-order valence-electron chi connectivity index (χ2n) is 7.74. The van der Waals surface area contributed by atoms with E-state index in [0.29, 0.717) is 23.7 Å². The number of nitrogens with zero attached hydrogens (tertiary/aromatic N) is 4. The molecule has 1 aromatic carbocycles. The summed E-state index contributed by atoms with van der Waals surface area (Å²) in [6, 6.07) is 7.71. The standard InChI is InChI=1S/C20H30N8/c1-11(2)16-18-17(27-26-16)19(24-15-9-7-6-8-14(15)22)25-20(23-10-13(5)21)28(18)12(3)4/h6-9,11-13H,10,21-22H2,1-5H3,(H,26,27)(H,23,24,25). The summed E-state index contributed by atoms with van der Waals surface area (Å²) in [5.74, 6) is 0.893. The van der Waals surface area contributed by atoms with Crippen LogP contribution in [-0.4, -0.2) is 32.3 Å². The Morgan fingerprint density at radius 2 is 1.89 bits per heavy atom. The molecule has 0 aliphatic heterocycles. The van der Waals surface area contributed by atoms with Crippen molar-refractivity contribution in [2.75, 3.05) is 17.6 Å². The molecule has 150 valence electrons. The Labute approximate surface area is 165 Å². The van der Waals surface area contributed by atoms with Gasteiger partial charge in [0, 0.05) is 12.1 Å². The third kappa shape index (κ3) is 3.87. The summed E-state index contributed by atoms with van der Waals surface area (Å²) in [5, 5.41) is 11.1. The third-order valence-corrected chi connectivity index (χ3v) is 4.49. The second kappa shape index (κ2) is 8.02. The molecular weight excluding hydrogens is 352 g/mol. The molecule has 2 aromatic heterocycles. The average Bonchev–Trinajstić information content (AvgIpc) is 3.06. The van der Waals surface area contributed by atoms with Crippen LogP contribution in [0.3, 0.4) is 0 Å². The van der Waals surface area contributed by atoms with E-state index in [1.807, 2.05) is 31.2 Å². The van der Waals surface area contributed by atoms with Gasteiger partial charge in [0.15, 0.2) is 11.3 Å². The Hall–Kier alpha value is -2.87. The number of rotatable bonds is 6. The largest absolute Gasteiger partial charge is 0.397 e. The Morgan fingerprint density at radius 3 is 2.50 bits per heavy atom. The maximum absolute atomic E-state index is 6.12. The van der Waals surface area contributed by atoms with Gasteiger partial charge in [0.1, 0.15) is 0 Å². The van der Waals surface area contributed by atoms with Gasteiger partial charge in [-0.1, -0.05) is 26.0 Å². The Bertz CT molecular complexity index is 1030. The van der Waals surface area contributed by atoms with E-state index in [4.69, 9.17) is 21.4 Å². The van der Waals surface area contributed by atoms with Gasteiger partial charge in [-0.25, -0.2) is 4.99 Å². The second-order valence-corrected chi connectivity index (χ2v) is 7.74. The highest BCUT2D eigenvalue weighted by atomic mass is 15.2. The van der Waals surface area contributed by atoms with E-state index in [9.17, 15) is 0 Å². The molecule has 8 heteroatoms. The highest BCUT2D eigenvalue weighted by molar-refractivity contribution is 5.90. The van der Waals surface area contributed by atoms with Crippen LogP contribution in [0.1, 0.15) is 52.3 Å². The number of H-pyrrole nitrogens is 1. The normalized spacial score (nSPS) is 13.6. The molecule has 2 heterocycles. The zero-order valence-electron chi connectivity index (χ0n) is 17.2. The van der Waals surface area contributed by atoms with E-state index >= 15 is 0 Å². The minimum atomic E-state index is -0.0480. The van der Waals surface area contributed by atoms with Crippen molar-refractivity contribution in [1.82, 2.24) is 19.7 Å². The zero-order chi connectivity index (χ0) is 20.4. The van der Waals surface area contributed by atoms with E-state index in [0.717, 1.165) is 22.4 Å². The number of nitrogens with one attached hydrogen (secondary N) is 2. The smallest absolute Gasteiger partial charge is 0.227 e. The molecule has 28 heavy (non-hydrogen) atoms. The number of nitrogens with two attached hydrogens (primary N) is 2. The number of hydrogen-bond donors (Lipinski definition) is 4. The molecule has 8 nitrogen and oxygen atoms in total. The SMILES string of the molecule is CC(N)CN=c1nc(Nc2ccccc2N)c2n[nH]c(C(C)C)c2n1C(C)C. The zero-order valence-corrected chi connectivity index (χ0v) is 17.2. The average molecular weight is 383 g/mol. The number of benzene rings is 1. The molecule has 0 saturated heterocycles. The lowest BCUT2D eigenvalue weighted by molar-refractivity contribution is 0.564. The van der Waals surface area contributed by atoms with E-state index in [-0.39, 0.29) is 18.0 Å². The fourth-order valence-corrected chi connectivity index (χ4v) is 3.12. The maximum atomic E-state index is 6.12. The van der Waals surface area contributed by atoms with Gasteiger partial charge in [0.25, 0.3) is 0 Å². The highest BCUT2D eigenvalue weighted by Gasteiger charge is 2.20. The van der Waals surface area contributed by atoms with Crippen LogP contribution in [-0.2, 0) is 0 Å². The van der Waals surface area contributed by atoms with Crippen LogP contribution in [0.4, 0.5) is 17.2 Å². The van der Waals surface area contributed by atoms with Crippen molar-refractivity contribution in [3.05, 3.63) is 35.6 Å². The van der Waals surface area contributed by atoms with Crippen LogP contribution >= 0.6 is 0 Å². The quantitative estimate of drug-likeness (QED) is 0.488. The van der Waals surface area contributed by atoms with Gasteiger partial charge in [-0.3, -0.25) is 5.10 Å². The number of fused-ring (bicyclic) bond motifs is 1. The third-order valence-electron chi connectivity index (χ3n) is 4.49. The van der Waals surface area contributed by atoms with Crippen molar-refractivity contribution < 1.29 is 0 Å². The summed E-state index contributed by atoms with van der Waals surface area (Å²) >= 11 is 0. The van der Waals surface area contributed by atoms with Crippen molar-refractivity contribution in [3.8, 4) is 0 Å². The Kier molecular flexibility index (Phi) is 5.69. The molecule has 0 aliphatic rings. The number of nitrogen functional groups attached to an aromatic ring is 1.